The van der Waals surface area contributed by atoms with E-state index in [-0.39, 0.29) is 45.7 Å². The van der Waals surface area contributed by atoms with Gasteiger partial charge in [-0.2, -0.15) is 0 Å². The van der Waals surface area contributed by atoms with E-state index >= 15 is 0 Å². The molecule has 0 amide bonds. The van der Waals surface area contributed by atoms with E-state index in [1.54, 1.807) is 6.07 Å². The van der Waals surface area contributed by atoms with Crippen molar-refractivity contribution in [2.45, 2.75) is 0 Å². The van der Waals surface area contributed by atoms with Gasteiger partial charge in [-0.3, -0.25) is 0 Å². The molecule has 0 saturated carbocycles. The number of furan rings is 1. The van der Waals surface area contributed by atoms with Crippen molar-refractivity contribution in [1.82, 2.24) is 0 Å². The molecule has 0 aliphatic heterocycles. The Bertz CT molecular complexity index is 3560. The normalized spacial score (nSPS) is 14.1. The van der Waals surface area contributed by atoms with Gasteiger partial charge in [-0.1, -0.05) is 164 Å². The zero-order chi connectivity index (χ0) is 40.4. The minimum absolute atomic E-state index is 0.164. The Hall–Kier alpha value is -6.70. The number of benzene rings is 10. The predicted octanol–water partition coefficient (Wildman–Crippen LogP) is 14.4. The Morgan fingerprint density at radius 2 is 0.922 bits per heavy atom. The van der Waals surface area contributed by atoms with Crippen LogP contribution in [0.5, 0.6) is 0 Å². The Balaban J connectivity index is 1.24. The molecule has 11 rings (SSSR count). The molecule has 0 atom stereocenters. The molecule has 236 valence electrons. The molecule has 0 radical (unpaired) electrons. The van der Waals surface area contributed by atoms with E-state index in [9.17, 15) is 5.48 Å². The SMILES string of the molecule is [2H]c1c([2H])c([2H])c2c(-c3cccc4oc5c6ccccc6ccc5c34)c3c([2H])c([2H])c([2H])c([2H])c3c(-c3ccc(-c4ccc5c(ccc6ccccc65)c4)cc3)c2c1[2H]. The van der Waals surface area contributed by atoms with E-state index in [0.29, 0.717) is 38.8 Å². The van der Waals surface area contributed by atoms with Gasteiger partial charge in [-0.25, -0.2) is 0 Å². The van der Waals surface area contributed by atoms with Crippen LogP contribution in [0.4, 0.5) is 0 Å². The molecule has 0 saturated heterocycles. The molecule has 0 aliphatic carbocycles. The lowest BCUT2D eigenvalue weighted by Crippen LogP contribution is -1.91. The first kappa shape index (κ1) is 21.4. The van der Waals surface area contributed by atoms with Crippen LogP contribution in [-0.2, 0) is 0 Å². The quantitative estimate of drug-likeness (QED) is 0.136. The first-order valence-corrected chi connectivity index (χ1v) is 16.9. The Labute approximate surface area is 305 Å². The molecular formula is C50H30O. The maximum Gasteiger partial charge on any atom is 0.143 e. The van der Waals surface area contributed by atoms with Crippen molar-refractivity contribution in [1.29, 1.82) is 0 Å². The Morgan fingerprint density at radius 3 is 1.67 bits per heavy atom. The summed E-state index contributed by atoms with van der Waals surface area (Å²) in [6.07, 6.45) is 0. The molecular weight excluding hydrogens is 617 g/mol. The van der Waals surface area contributed by atoms with Crippen molar-refractivity contribution >= 4 is 75.8 Å². The summed E-state index contributed by atoms with van der Waals surface area (Å²) in [5.41, 5.74) is 4.79. The third-order valence-corrected chi connectivity index (χ3v) is 10.3. The molecule has 51 heavy (non-hydrogen) atoms. The molecule has 0 unspecified atom stereocenters. The van der Waals surface area contributed by atoms with Crippen molar-refractivity contribution in [3.8, 4) is 33.4 Å². The second-order valence-corrected chi connectivity index (χ2v) is 13.0. The topological polar surface area (TPSA) is 13.1 Å². The maximum atomic E-state index is 9.47. The highest BCUT2D eigenvalue weighted by Gasteiger charge is 2.21. The molecule has 1 heteroatoms. The van der Waals surface area contributed by atoms with Gasteiger partial charge < -0.3 is 4.42 Å². The highest BCUT2D eigenvalue weighted by atomic mass is 16.3. The molecule has 0 N–H and O–H groups in total. The Morgan fingerprint density at radius 1 is 0.373 bits per heavy atom. The van der Waals surface area contributed by atoms with Crippen LogP contribution in [0, 0.1) is 0 Å². The zero-order valence-corrected chi connectivity index (χ0v) is 27.1. The highest BCUT2D eigenvalue weighted by Crippen LogP contribution is 2.47. The van der Waals surface area contributed by atoms with Gasteiger partial charge >= 0.3 is 0 Å². The molecule has 1 heterocycles. The largest absolute Gasteiger partial charge is 0.455 e. The van der Waals surface area contributed by atoms with Gasteiger partial charge in [0.2, 0.25) is 0 Å². The molecule has 1 aromatic heterocycles. The van der Waals surface area contributed by atoms with Crippen molar-refractivity contribution in [2.75, 3.05) is 0 Å². The Kier molecular flexibility index (Phi) is 4.57. The molecule has 0 aliphatic rings. The van der Waals surface area contributed by atoms with Gasteiger partial charge in [-0.15, -0.1) is 0 Å². The van der Waals surface area contributed by atoms with Gasteiger partial charge in [0.1, 0.15) is 11.2 Å². The summed E-state index contributed by atoms with van der Waals surface area (Å²) in [7, 11) is 0. The van der Waals surface area contributed by atoms with E-state index in [1.807, 2.05) is 84.9 Å². The summed E-state index contributed by atoms with van der Waals surface area (Å²) in [6.45, 7) is 0. The minimum Gasteiger partial charge on any atom is -0.455 e. The van der Waals surface area contributed by atoms with Crippen molar-refractivity contribution in [3.05, 3.63) is 182 Å². The smallest absolute Gasteiger partial charge is 0.143 e. The monoisotopic (exact) mass is 654 g/mol. The van der Waals surface area contributed by atoms with Gasteiger partial charge in [0.05, 0.1) is 11.0 Å². The lowest BCUT2D eigenvalue weighted by molar-refractivity contribution is 0.673. The van der Waals surface area contributed by atoms with Crippen molar-refractivity contribution < 1.29 is 15.4 Å². The second kappa shape index (κ2) is 10.9. The summed E-state index contributed by atoms with van der Waals surface area (Å²) in [5, 5.41) is 8.61. The fourth-order valence-corrected chi connectivity index (χ4v) is 7.97. The standard InChI is InChI=1S/C50H30O/c1-3-12-37-32(10-1)22-25-36-30-35(27-28-38(36)37)31-20-23-34(24-21-31)47-40-14-5-7-16-42(40)48(43-17-8-6-15-41(43)47)44-18-9-19-46-49(44)45-29-26-33-11-2-4-13-39(33)50(45)51-46/h1-30H/i5D,6D,7D,8D,14D,15D,16D,17D. The maximum absolute atomic E-state index is 9.47. The fraction of sp³-hybridized carbons (Fsp3) is 0. The minimum atomic E-state index is -0.440. The van der Waals surface area contributed by atoms with E-state index in [2.05, 4.69) is 42.5 Å². The molecule has 1 nitrogen and oxygen atoms in total. The number of hydrogen-bond donors (Lipinski definition) is 0. The molecule has 11 aromatic rings. The van der Waals surface area contributed by atoms with Gasteiger partial charge in [0.25, 0.3) is 0 Å². The lowest BCUT2D eigenvalue weighted by Gasteiger charge is -2.18. The van der Waals surface area contributed by atoms with Crippen LogP contribution in [0.3, 0.4) is 0 Å². The molecule has 0 bridgehead atoms. The fourth-order valence-electron chi connectivity index (χ4n) is 7.97. The van der Waals surface area contributed by atoms with Crippen LogP contribution in [-0.4, -0.2) is 0 Å². The summed E-state index contributed by atoms with van der Waals surface area (Å²) >= 11 is 0. The first-order chi connectivity index (χ1) is 28.6. The second-order valence-electron chi connectivity index (χ2n) is 13.0. The molecule has 0 spiro atoms. The predicted molar refractivity (Wildman–Crippen MR) is 218 cm³/mol. The van der Waals surface area contributed by atoms with E-state index in [1.165, 1.54) is 10.8 Å². The summed E-state index contributed by atoms with van der Waals surface area (Å²) in [5.74, 6) is 0. The summed E-state index contributed by atoms with van der Waals surface area (Å²) in [6, 6.07) is 40.9. The van der Waals surface area contributed by atoms with Crippen LogP contribution in [0.2, 0.25) is 0 Å². The van der Waals surface area contributed by atoms with Crippen LogP contribution in [0.1, 0.15) is 11.0 Å². The van der Waals surface area contributed by atoms with E-state index in [0.717, 1.165) is 38.1 Å². The highest BCUT2D eigenvalue weighted by molar-refractivity contribution is 6.27. The van der Waals surface area contributed by atoms with Gasteiger partial charge in [0.15, 0.2) is 0 Å². The first-order valence-electron chi connectivity index (χ1n) is 20.9. The average Bonchev–Trinajstić information content (AvgIpc) is 3.67. The lowest BCUT2D eigenvalue weighted by atomic mass is 9.84. The van der Waals surface area contributed by atoms with Crippen molar-refractivity contribution in [3.63, 3.8) is 0 Å². The van der Waals surface area contributed by atoms with E-state index in [4.69, 9.17) is 9.90 Å². The summed E-state index contributed by atoms with van der Waals surface area (Å²) < 4.78 is 79.9. The van der Waals surface area contributed by atoms with Gasteiger partial charge in [0, 0.05) is 16.2 Å². The van der Waals surface area contributed by atoms with Crippen LogP contribution in [0.15, 0.2) is 186 Å². The van der Waals surface area contributed by atoms with Crippen LogP contribution in [0.25, 0.3) is 109 Å². The third-order valence-electron chi connectivity index (χ3n) is 10.3. The zero-order valence-electron chi connectivity index (χ0n) is 35.1. The summed E-state index contributed by atoms with van der Waals surface area (Å²) in [4.78, 5) is 0. The number of hydrogen-bond acceptors (Lipinski definition) is 1. The number of fused-ring (bicyclic) bond motifs is 10. The van der Waals surface area contributed by atoms with Gasteiger partial charge in [-0.05, 0) is 100 Å². The van der Waals surface area contributed by atoms with Crippen LogP contribution >= 0.6 is 0 Å². The van der Waals surface area contributed by atoms with Crippen LogP contribution < -0.4 is 0 Å². The number of rotatable bonds is 3. The van der Waals surface area contributed by atoms with Crippen molar-refractivity contribution in [2.24, 2.45) is 0 Å². The molecule has 0 fully saturated rings. The molecule has 10 aromatic carbocycles. The van der Waals surface area contributed by atoms with E-state index < -0.39 is 24.2 Å². The average molecular weight is 655 g/mol. The third kappa shape index (κ3) is 4.22.